The van der Waals surface area contributed by atoms with Crippen LogP contribution in [-0.2, 0) is 0 Å². The van der Waals surface area contributed by atoms with Crippen molar-refractivity contribution < 1.29 is 9.84 Å². The Kier molecular flexibility index (Phi) is 3.85. The number of phenolic OH excluding ortho intramolecular Hbond substituents is 1. The molecule has 0 bridgehead atoms. The standard InChI is InChI=1S/C16H17NO2S/c1-11-2-7-15(14(18)10-11)19-13-5-3-12(4-6-13)16-17-8-9-20-16/h2-7,10,16-18H,8-9H2,1H3. The Hall–Kier alpha value is -1.65. The van der Waals surface area contributed by atoms with Gasteiger partial charge in [0.25, 0.3) is 0 Å². The molecule has 0 spiro atoms. The quantitative estimate of drug-likeness (QED) is 0.900. The zero-order valence-corrected chi connectivity index (χ0v) is 12.1. The molecule has 0 amide bonds. The van der Waals surface area contributed by atoms with Crippen LogP contribution in [0.15, 0.2) is 42.5 Å². The van der Waals surface area contributed by atoms with Crippen molar-refractivity contribution in [2.24, 2.45) is 0 Å². The first-order valence-electron chi connectivity index (χ1n) is 6.65. The lowest BCUT2D eigenvalue weighted by atomic mass is 10.2. The lowest BCUT2D eigenvalue weighted by Crippen LogP contribution is -2.11. The second-order valence-corrected chi connectivity index (χ2v) is 6.06. The van der Waals surface area contributed by atoms with Crippen molar-refractivity contribution in [3.8, 4) is 17.2 Å². The molecule has 2 aromatic rings. The van der Waals surface area contributed by atoms with E-state index in [2.05, 4.69) is 17.4 Å². The molecule has 1 saturated heterocycles. The molecule has 3 nitrogen and oxygen atoms in total. The number of aromatic hydroxyl groups is 1. The van der Waals surface area contributed by atoms with Gasteiger partial charge in [0.05, 0.1) is 5.37 Å². The molecule has 1 aliphatic rings. The minimum absolute atomic E-state index is 0.169. The van der Waals surface area contributed by atoms with Crippen molar-refractivity contribution in [3.63, 3.8) is 0 Å². The summed E-state index contributed by atoms with van der Waals surface area (Å²) in [6, 6.07) is 13.4. The highest BCUT2D eigenvalue weighted by Crippen LogP contribution is 2.34. The van der Waals surface area contributed by atoms with Crippen molar-refractivity contribution in [3.05, 3.63) is 53.6 Å². The number of hydrogen-bond acceptors (Lipinski definition) is 4. The van der Waals surface area contributed by atoms with E-state index in [-0.39, 0.29) is 5.75 Å². The van der Waals surface area contributed by atoms with E-state index >= 15 is 0 Å². The normalized spacial score (nSPS) is 18.1. The van der Waals surface area contributed by atoms with Crippen LogP contribution in [0.25, 0.3) is 0 Å². The molecule has 0 saturated carbocycles. The van der Waals surface area contributed by atoms with Crippen LogP contribution in [-0.4, -0.2) is 17.4 Å². The van der Waals surface area contributed by atoms with Gasteiger partial charge in [-0.05, 0) is 42.3 Å². The molecule has 2 aromatic carbocycles. The number of nitrogens with one attached hydrogen (secondary N) is 1. The number of hydrogen-bond donors (Lipinski definition) is 2. The highest BCUT2D eigenvalue weighted by molar-refractivity contribution is 7.99. The molecule has 4 heteroatoms. The molecule has 1 aliphatic heterocycles. The fourth-order valence-corrected chi connectivity index (χ4v) is 3.25. The Bertz CT molecular complexity index is 592. The van der Waals surface area contributed by atoms with Gasteiger partial charge in [-0.1, -0.05) is 18.2 Å². The number of phenols is 1. The fourth-order valence-electron chi connectivity index (χ4n) is 2.19. The van der Waals surface area contributed by atoms with Crippen LogP contribution in [0.1, 0.15) is 16.5 Å². The predicted molar refractivity (Wildman–Crippen MR) is 82.6 cm³/mol. The van der Waals surface area contributed by atoms with E-state index in [0.29, 0.717) is 11.1 Å². The van der Waals surface area contributed by atoms with Crippen molar-refractivity contribution in [1.82, 2.24) is 5.32 Å². The van der Waals surface area contributed by atoms with E-state index in [1.54, 1.807) is 12.1 Å². The Labute approximate surface area is 123 Å². The summed E-state index contributed by atoms with van der Waals surface area (Å²) in [5, 5.41) is 13.7. The summed E-state index contributed by atoms with van der Waals surface area (Å²) in [4.78, 5) is 0. The average Bonchev–Trinajstić information content (AvgIpc) is 2.97. The van der Waals surface area contributed by atoms with Gasteiger partial charge in [0, 0.05) is 12.3 Å². The minimum Gasteiger partial charge on any atom is -0.504 e. The lowest BCUT2D eigenvalue weighted by Gasteiger charge is -2.12. The van der Waals surface area contributed by atoms with Crippen molar-refractivity contribution in [2.45, 2.75) is 12.3 Å². The summed E-state index contributed by atoms with van der Waals surface area (Å²) in [6.45, 7) is 3.00. The maximum Gasteiger partial charge on any atom is 0.169 e. The summed E-state index contributed by atoms with van der Waals surface area (Å²) in [6.07, 6.45) is 0. The van der Waals surface area contributed by atoms with Crippen molar-refractivity contribution in [2.75, 3.05) is 12.3 Å². The Balaban J connectivity index is 1.74. The van der Waals surface area contributed by atoms with E-state index < -0.39 is 0 Å². The number of rotatable bonds is 3. The second kappa shape index (κ2) is 5.77. The third-order valence-electron chi connectivity index (χ3n) is 3.24. The molecular formula is C16H17NO2S. The molecule has 104 valence electrons. The predicted octanol–water partition coefficient (Wildman–Crippen LogP) is 3.83. The number of thioether (sulfide) groups is 1. The van der Waals surface area contributed by atoms with Crippen LogP contribution in [0.5, 0.6) is 17.2 Å². The molecule has 0 aromatic heterocycles. The molecular weight excluding hydrogens is 270 g/mol. The van der Waals surface area contributed by atoms with Crippen LogP contribution in [0.4, 0.5) is 0 Å². The van der Waals surface area contributed by atoms with E-state index in [1.165, 1.54) is 5.56 Å². The van der Waals surface area contributed by atoms with Crippen LogP contribution in [0.3, 0.4) is 0 Å². The summed E-state index contributed by atoms with van der Waals surface area (Å²) in [7, 11) is 0. The molecule has 1 atom stereocenters. The first kappa shape index (κ1) is 13.3. The molecule has 0 radical (unpaired) electrons. The molecule has 2 N–H and O–H groups in total. The molecule has 3 rings (SSSR count). The number of aryl methyl sites for hydroxylation is 1. The number of ether oxygens (including phenoxy) is 1. The van der Waals surface area contributed by atoms with Gasteiger partial charge in [-0.2, -0.15) is 0 Å². The van der Waals surface area contributed by atoms with Crippen LogP contribution in [0.2, 0.25) is 0 Å². The summed E-state index contributed by atoms with van der Waals surface area (Å²) in [5.74, 6) is 2.54. The monoisotopic (exact) mass is 287 g/mol. The van der Waals surface area contributed by atoms with Gasteiger partial charge < -0.3 is 15.2 Å². The largest absolute Gasteiger partial charge is 0.504 e. The van der Waals surface area contributed by atoms with Gasteiger partial charge in [-0.25, -0.2) is 0 Å². The first-order chi connectivity index (χ1) is 9.72. The van der Waals surface area contributed by atoms with E-state index in [0.717, 1.165) is 23.6 Å². The second-order valence-electron chi connectivity index (χ2n) is 4.85. The molecule has 1 unspecified atom stereocenters. The van der Waals surface area contributed by atoms with Gasteiger partial charge in [0.2, 0.25) is 0 Å². The summed E-state index contributed by atoms with van der Waals surface area (Å²) >= 11 is 1.92. The van der Waals surface area contributed by atoms with Crippen LogP contribution < -0.4 is 10.1 Å². The van der Waals surface area contributed by atoms with Crippen molar-refractivity contribution in [1.29, 1.82) is 0 Å². The third-order valence-corrected chi connectivity index (χ3v) is 4.45. The zero-order chi connectivity index (χ0) is 13.9. The first-order valence-corrected chi connectivity index (χ1v) is 7.70. The van der Waals surface area contributed by atoms with Crippen LogP contribution >= 0.6 is 11.8 Å². The lowest BCUT2D eigenvalue weighted by molar-refractivity contribution is 0.411. The topological polar surface area (TPSA) is 41.5 Å². The third kappa shape index (κ3) is 2.92. The molecule has 1 heterocycles. The van der Waals surface area contributed by atoms with Gasteiger partial charge in [-0.15, -0.1) is 11.8 Å². The van der Waals surface area contributed by atoms with Crippen molar-refractivity contribution >= 4 is 11.8 Å². The minimum atomic E-state index is 0.169. The highest BCUT2D eigenvalue weighted by Gasteiger charge is 2.16. The van der Waals surface area contributed by atoms with E-state index in [4.69, 9.17) is 4.74 Å². The summed E-state index contributed by atoms with van der Waals surface area (Å²) < 4.78 is 5.70. The van der Waals surface area contributed by atoms with E-state index in [9.17, 15) is 5.11 Å². The Morgan fingerprint density at radius 1 is 1.20 bits per heavy atom. The molecule has 1 fully saturated rings. The fraction of sp³-hybridized carbons (Fsp3) is 0.250. The molecule has 20 heavy (non-hydrogen) atoms. The van der Waals surface area contributed by atoms with Gasteiger partial charge in [-0.3, -0.25) is 0 Å². The van der Waals surface area contributed by atoms with Gasteiger partial charge in [0.1, 0.15) is 5.75 Å². The van der Waals surface area contributed by atoms with E-state index in [1.807, 2.05) is 36.9 Å². The maximum atomic E-state index is 9.84. The maximum absolute atomic E-state index is 9.84. The smallest absolute Gasteiger partial charge is 0.169 e. The average molecular weight is 287 g/mol. The highest BCUT2D eigenvalue weighted by atomic mass is 32.2. The van der Waals surface area contributed by atoms with Gasteiger partial charge >= 0.3 is 0 Å². The van der Waals surface area contributed by atoms with Gasteiger partial charge in [0.15, 0.2) is 11.5 Å². The summed E-state index contributed by atoms with van der Waals surface area (Å²) in [5.41, 5.74) is 2.27. The zero-order valence-electron chi connectivity index (χ0n) is 11.3. The number of benzene rings is 2. The van der Waals surface area contributed by atoms with Crippen LogP contribution in [0, 0.1) is 6.92 Å². The molecule has 0 aliphatic carbocycles. The Morgan fingerprint density at radius 3 is 2.65 bits per heavy atom. The SMILES string of the molecule is Cc1ccc(Oc2ccc(C3NCCS3)cc2)c(O)c1. The Morgan fingerprint density at radius 2 is 2.00 bits per heavy atom.